The molecular weight excluding hydrogens is 215 g/mol. The van der Waals surface area contributed by atoms with Gasteiger partial charge in [0.15, 0.2) is 0 Å². The highest BCUT2D eigenvalue weighted by molar-refractivity contribution is 7.51. The number of rotatable bonds is 5. The number of unbranched alkanes of at least 4 members (excludes halogenated alkanes) is 1. The van der Waals surface area contributed by atoms with Gasteiger partial charge in [0.1, 0.15) is 0 Å². The van der Waals surface area contributed by atoms with Crippen molar-refractivity contribution in [3.8, 4) is 0 Å². The number of piperidine rings is 1. The summed E-state index contributed by atoms with van der Waals surface area (Å²) < 4.78 is 10.6. The van der Waals surface area contributed by atoms with E-state index in [4.69, 9.17) is 15.5 Å². The Morgan fingerprint density at radius 1 is 1.27 bits per heavy atom. The van der Waals surface area contributed by atoms with Crippen LogP contribution in [0.25, 0.3) is 0 Å². The number of hydrogen-bond acceptors (Lipinski definition) is 3. The van der Waals surface area contributed by atoms with Gasteiger partial charge in [0.25, 0.3) is 0 Å². The summed E-state index contributed by atoms with van der Waals surface area (Å²) in [5, 5.41) is 0. The van der Waals surface area contributed by atoms with E-state index < -0.39 is 7.60 Å². The maximum absolute atomic E-state index is 10.6. The Balaban J connectivity index is 2.03. The zero-order valence-corrected chi connectivity index (χ0v) is 9.90. The molecule has 0 atom stereocenters. The van der Waals surface area contributed by atoms with Gasteiger partial charge in [-0.2, -0.15) is 0 Å². The standard InChI is InChI=1S/C9H21N2O3P/c10-9-3-6-11(7-4-9)5-1-2-8-15(12,13)14/h9H,1-8,10H2,(H2,12,13,14). The average Bonchev–Trinajstić information content (AvgIpc) is 2.14. The Hall–Kier alpha value is 0.0700. The van der Waals surface area contributed by atoms with Crippen molar-refractivity contribution in [2.24, 2.45) is 5.73 Å². The van der Waals surface area contributed by atoms with Gasteiger partial charge in [-0.3, -0.25) is 4.57 Å². The molecule has 1 saturated heterocycles. The summed E-state index contributed by atoms with van der Waals surface area (Å²) in [4.78, 5) is 19.7. The SMILES string of the molecule is NC1CCN(CCCCP(=O)(O)O)CC1. The summed E-state index contributed by atoms with van der Waals surface area (Å²) in [6, 6.07) is 0.344. The van der Waals surface area contributed by atoms with Crippen LogP contribution in [-0.2, 0) is 4.57 Å². The molecule has 1 aliphatic heterocycles. The first-order valence-corrected chi connectivity index (χ1v) is 7.29. The Labute approximate surface area is 90.8 Å². The molecule has 0 aromatic heterocycles. The lowest BCUT2D eigenvalue weighted by Gasteiger charge is -2.29. The second-order valence-electron chi connectivity index (χ2n) is 4.27. The van der Waals surface area contributed by atoms with Gasteiger partial charge in [-0.1, -0.05) is 0 Å². The summed E-state index contributed by atoms with van der Waals surface area (Å²) >= 11 is 0. The van der Waals surface area contributed by atoms with E-state index in [2.05, 4.69) is 4.90 Å². The van der Waals surface area contributed by atoms with Gasteiger partial charge < -0.3 is 20.4 Å². The van der Waals surface area contributed by atoms with Crippen LogP contribution in [0.5, 0.6) is 0 Å². The molecule has 1 heterocycles. The summed E-state index contributed by atoms with van der Waals surface area (Å²) in [6.07, 6.45) is 3.56. The largest absolute Gasteiger partial charge is 0.328 e. The van der Waals surface area contributed by atoms with Crippen LogP contribution in [0.2, 0.25) is 0 Å². The lowest BCUT2D eigenvalue weighted by Crippen LogP contribution is -2.40. The molecule has 1 fully saturated rings. The van der Waals surface area contributed by atoms with E-state index >= 15 is 0 Å². The van der Waals surface area contributed by atoms with Gasteiger partial charge in [0, 0.05) is 12.2 Å². The molecule has 0 spiro atoms. The highest BCUT2D eigenvalue weighted by Crippen LogP contribution is 2.35. The van der Waals surface area contributed by atoms with Crippen molar-refractivity contribution < 1.29 is 14.4 Å². The quantitative estimate of drug-likeness (QED) is 0.474. The number of likely N-dealkylation sites (tertiary alicyclic amines) is 1. The smallest absolute Gasteiger partial charge is 0.325 e. The molecule has 0 aliphatic carbocycles. The molecule has 1 aliphatic rings. The fourth-order valence-corrected chi connectivity index (χ4v) is 2.47. The average molecular weight is 236 g/mol. The van der Waals surface area contributed by atoms with Crippen LogP contribution in [0.15, 0.2) is 0 Å². The number of nitrogens with zero attached hydrogens (tertiary/aromatic N) is 1. The predicted octanol–water partition coefficient (Wildman–Crippen LogP) is 0.367. The van der Waals surface area contributed by atoms with Crippen LogP contribution in [0, 0.1) is 0 Å². The molecule has 90 valence electrons. The molecule has 6 heteroatoms. The maximum Gasteiger partial charge on any atom is 0.325 e. The fraction of sp³-hybridized carbons (Fsp3) is 1.00. The second-order valence-corrected chi connectivity index (χ2v) is 6.05. The van der Waals surface area contributed by atoms with Gasteiger partial charge in [-0.05, 0) is 45.3 Å². The number of hydrogen-bond donors (Lipinski definition) is 3. The Morgan fingerprint density at radius 3 is 2.40 bits per heavy atom. The Bertz CT molecular complexity index is 223. The molecule has 0 bridgehead atoms. The number of nitrogens with two attached hydrogens (primary N) is 1. The first kappa shape index (κ1) is 13.1. The van der Waals surface area contributed by atoms with E-state index in [9.17, 15) is 4.57 Å². The molecule has 0 aromatic rings. The minimum absolute atomic E-state index is 0.0142. The normalized spacial score (nSPS) is 20.7. The van der Waals surface area contributed by atoms with E-state index in [0.717, 1.165) is 38.9 Å². The second kappa shape index (κ2) is 5.97. The van der Waals surface area contributed by atoms with Gasteiger partial charge in [-0.25, -0.2) is 0 Å². The zero-order chi connectivity index (χ0) is 11.3. The van der Waals surface area contributed by atoms with Crippen molar-refractivity contribution in [1.82, 2.24) is 4.90 Å². The minimum Gasteiger partial charge on any atom is -0.328 e. The highest BCUT2D eigenvalue weighted by Gasteiger charge is 2.16. The predicted molar refractivity (Wildman–Crippen MR) is 59.8 cm³/mol. The first-order chi connectivity index (χ1) is 6.97. The lowest BCUT2D eigenvalue weighted by atomic mass is 10.1. The summed E-state index contributed by atoms with van der Waals surface area (Å²) in [5.74, 6) is 0. The van der Waals surface area contributed by atoms with Crippen LogP contribution in [0.3, 0.4) is 0 Å². The lowest BCUT2D eigenvalue weighted by molar-refractivity contribution is 0.210. The van der Waals surface area contributed by atoms with Crippen molar-refractivity contribution in [3.63, 3.8) is 0 Å². The van der Waals surface area contributed by atoms with Crippen LogP contribution >= 0.6 is 7.60 Å². The van der Waals surface area contributed by atoms with Crippen molar-refractivity contribution >= 4 is 7.60 Å². The van der Waals surface area contributed by atoms with E-state index in [0.29, 0.717) is 12.5 Å². The van der Waals surface area contributed by atoms with Gasteiger partial charge in [-0.15, -0.1) is 0 Å². The third-order valence-electron chi connectivity index (χ3n) is 2.81. The molecule has 0 saturated carbocycles. The first-order valence-electron chi connectivity index (χ1n) is 5.50. The Kier molecular flexibility index (Phi) is 5.23. The minimum atomic E-state index is -3.78. The zero-order valence-electron chi connectivity index (χ0n) is 9.01. The van der Waals surface area contributed by atoms with E-state index in [1.165, 1.54) is 0 Å². The third kappa shape index (κ3) is 6.28. The molecule has 0 radical (unpaired) electrons. The summed E-state index contributed by atoms with van der Waals surface area (Å²) in [6.45, 7) is 2.99. The third-order valence-corrected chi connectivity index (χ3v) is 3.70. The molecular formula is C9H21N2O3P. The summed E-state index contributed by atoms with van der Waals surface area (Å²) in [7, 11) is -3.78. The van der Waals surface area contributed by atoms with Crippen molar-refractivity contribution in [2.75, 3.05) is 25.8 Å². The monoisotopic (exact) mass is 236 g/mol. The van der Waals surface area contributed by atoms with Crippen LogP contribution in [0.1, 0.15) is 25.7 Å². The van der Waals surface area contributed by atoms with Crippen LogP contribution in [0.4, 0.5) is 0 Å². The fourth-order valence-electron chi connectivity index (χ4n) is 1.83. The van der Waals surface area contributed by atoms with E-state index in [-0.39, 0.29) is 6.16 Å². The van der Waals surface area contributed by atoms with E-state index in [1.54, 1.807) is 0 Å². The molecule has 5 nitrogen and oxygen atoms in total. The molecule has 1 rings (SSSR count). The molecule has 0 unspecified atom stereocenters. The molecule has 0 amide bonds. The van der Waals surface area contributed by atoms with Gasteiger partial charge in [0.2, 0.25) is 0 Å². The highest BCUT2D eigenvalue weighted by atomic mass is 31.2. The van der Waals surface area contributed by atoms with E-state index in [1.807, 2.05) is 0 Å². The topological polar surface area (TPSA) is 86.8 Å². The van der Waals surface area contributed by atoms with Crippen molar-refractivity contribution in [3.05, 3.63) is 0 Å². The van der Waals surface area contributed by atoms with Crippen LogP contribution in [-0.4, -0.2) is 46.5 Å². The molecule has 4 N–H and O–H groups in total. The van der Waals surface area contributed by atoms with Crippen molar-refractivity contribution in [1.29, 1.82) is 0 Å². The van der Waals surface area contributed by atoms with Crippen molar-refractivity contribution in [2.45, 2.75) is 31.7 Å². The Morgan fingerprint density at radius 2 is 1.87 bits per heavy atom. The van der Waals surface area contributed by atoms with Gasteiger partial charge in [0.05, 0.1) is 0 Å². The van der Waals surface area contributed by atoms with Gasteiger partial charge >= 0.3 is 7.60 Å². The maximum atomic E-state index is 10.6. The summed E-state index contributed by atoms with van der Waals surface area (Å²) in [5.41, 5.74) is 5.78. The molecule has 15 heavy (non-hydrogen) atoms. The molecule has 0 aromatic carbocycles. The van der Waals surface area contributed by atoms with Crippen LogP contribution < -0.4 is 5.73 Å².